The predicted molar refractivity (Wildman–Crippen MR) is 84.1 cm³/mol. The molecular formula is C15H22N2O3S. The maximum atomic E-state index is 12.3. The Kier molecular flexibility index (Phi) is 5.45. The molecule has 0 aromatic carbocycles. The predicted octanol–water partition coefficient (Wildman–Crippen LogP) is 1.89. The molecule has 1 atom stereocenters. The van der Waals surface area contributed by atoms with Crippen LogP contribution in [-0.2, 0) is 30.6 Å². The van der Waals surface area contributed by atoms with Crippen molar-refractivity contribution in [2.45, 2.75) is 57.7 Å². The zero-order chi connectivity index (χ0) is 15.4. The molecule has 2 heterocycles. The summed E-state index contributed by atoms with van der Waals surface area (Å²) in [5.41, 5.74) is 1.98. The molecule has 1 N–H and O–H groups in total. The van der Waals surface area contributed by atoms with Crippen LogP contribution in [0.15, 0.2) is 4.79 Å². The van der Waals surface area contributed by atoms with Crippen LogP contribution in [0.25, 0.3) is 0 Å². The molecular weight excluding hydrogens is 288 g/mol. The van der Waals surface area contributed by atoms with E-state index >= 15 is 0 Å². The van der Waals surface area contributed by atoms with Crippen LogP contribution in [0.3, 0.4) is 0 Å². The molecule has 116 valence electrons. The molecule has 0 aliphatic carbocycles. The Labute approximate surface area is 128 Å². The molecule has 5 nitrogen and oxygen atoms in total. The Hall–Kier alpha value is -1.30. The highest BCUT2D eigenvalue weighted by Crippen LogP contribution is 2.27. The van der Waals surface area contributed by atoms with E-state index in [1.807, 2.05) is 25.6 Å². The van der Waals surface area contributed by atoms with E-state index in [1.54, 1.807) is 4.57 Å². The average molecular weight is 310 g/mol. The Balaban J connectivity index is 2.46. The van der Waals surface area contributed by atoms with Crippen LogP contribution in [0.4, 0.5) is 0 Å². The van der Waals surface area contributed by atoms with Gasteiger partial charge in [0.2, 0.25) is 0 Å². The molecule has 1 aromatic rings. The molecule has 1 unspecified atom stereocenters. The van der Waals surface area contributed by atoms with Crippen molar-refractivity contribution >= 4 is 17.7 Å². The van der Waals surface area contributed by atoms with Gasteiger partial charge < -0.3 is 5.11 Å². The van der Waals surface area contributed by atoms with Crippen LogP contribution in [0.1, 0.15) is 43.6 Å². The smallest absolute Gasteiger partial charge is 0.348 e. The zero-order valence-electron chi connectivity index (χ0n) is 12.6. The second kappa shape index (κ2) is 7.11. The van der Waals surface area contributed by atoms with E-state index in [0.29, 0.717) is 30.3 Å². The Morgan fingerprint density at radius 3 is 2.71 bits per heavy atom. The van der Waals surface area contributed by atoms with Crippen molar-refractivity contribution in [2.24, 2.45) is 0 Å². The van der Waals surface area contributed by atoms with E-state index in [2.05, 4.69) is 4.98 Å². The average Bonchev–Trinajstić information content (AvgIpc) is 2.94. The van der Waals surface area contributed by atoms with Gasteiger partial charge in [0.05, 0.1) is 12.1 Å². The van der Waals surface area contributed by atoms with Gasteiger partial charge in [0.15, 0.2) is 0 Å². The summed E-state index contributed by atoms with van der Waals surface area (Å²) in [6.45, 7) is 4.53. The first-order valence-electron chi connectivity index (χ1n) is 7.51. The molecule has 0 spiro atoms. The molecule has 0 bridgehead atoms. The van der Waals surface area contributed by atoms with Crippen LogP contribution in [0, 0.1) is 0 Å². The maximum Gasteiger partial charge on any atom is 0.348 e. The van der Waals surface area contributed by atoms with E-state index < -0.39 is 5.97 Å². The molecule has 0 amide bonds. The number of aliphatic carboxylic acids is 1. The fraction of sp³-hybridized carbons (Fsp3) is 0.667. The first-order valence-corrected chi connectivity index (χ1v) is 8.56. The summed E-state index contributed by atoms with van der Waals surface area (Å²) in [5.74, 6) is 0.269. The monoisotopic (exact) mass is 310 g/mol. The summed E-state index contributed by atoms with van der Waals surface area (Å²) in [7, 11) is 0. The number of thioether (sulfide) groups is 1. The summed E-state index contributed by atoms with van der Waals surface area (Å²) in [5, 5.41) is 9.58. The number of aryl methyl sites for hydroxylation is 1. The van der Waals surface area contributed by atoms with Gasteiger partial charge in [0, 0.05) is 23.1 Å². The van der Waals surface area contributed by atoms with E-state index in [1.165, 1.54) is 6.42 Å². The van der Waals surface area contributed by atoms with Crippen LogP contribution >= 0.6 is 11.8 Å². The number of rotatable bonds is 6. The number of hydrogen-bond acceptors (Lipinski definition) is 4. The lowest BCUT2D eigenvalue weighted by atomic mass is 10.0. The SMILES string of the molecule is CCc1nc(=O)n(CC2CCCS2)c(CC)c1CC(=O)O. The lowest BCUT2D eigenvalue weighted by Gasteiger charge is -2.19. The minimum absolute atomic E-state index is 0.0581. The van der Waals surface area contributed by atoms with Gasteiger partial charge in [-0.25, -0.2) is 4.79 Å². The number of carboxylic acid groups (broad SMARTS) is 1. The topological polar surface area (TPSA) is 72.2 Å². The minimum Gasteiger partial charge on any atom is -0.481 e. The van der Waals surface area contributed by atoms with Gasteiger partial charge >= 0.3 is 11.7 Å². The van der Waals surface area contributed by atoms with Crippen LogP contribution in [0.2, 0.25) is 0 Å². The van der Waals surface area contributed by atoms with Crippen molar-refractivity contribution in [1.29, 1.82) is 0 Å². The highest BCUT2D eigenvalue weighted by molar-refractivity contribution is 8.00. The molecule has 21 heavy (non-hydrogen) atoms. The van der Waals surface area contributed by atoms with Crippen molar-refractivity contribution in [3.8, 4) is 0 Å². The normalized spacial score (nSPS) is 18.1. The quantitative estimate of drug-likeness (QED) is 0.868. The zero-order valence-corrected chi connectivity index (χ0v) is 13.4. The maximum absolute atomic E-state index is 12.3. The molecule has 0 saturated carbocycles. The van der Waals surface area contributed by atoms with Crippen LogP contribution in [-0.4, -0.2) is 31.6 Å². The third-order valence-corrected chi connectivity index (χ3v) is 5.27. The molecule has 2 rings (SSSR count). The Morgan fingerprint density at radius 1 is 1.43 bits per heavy atom. The van der Waals surface area contributed by atoms with E-state index in [0.717, 1.165) is 23.4 Å². The van der Waals surface area contributed by atoms with Crippen molar-refractivity contribution in [3.63, 3.8) is 0 Å². The van der Waals surface area contributed by atoms with Gasteiger partial charge in [0.1, 0.15) is 0 Å². The summed E-state index contributed by atoms with van der Waals surface area (Å²) < 4.78 is 1.71. The van der Waals surface area contributed by atoms with Crippen molar-refractivity contribution < 1.29 is 9.90 Å². The summed E-state index contributed by atoms with van der Waals surface area (Å²) in [4.78, 5) is 27.6. The third-order valence-electron chi connectivity index (χ3n) is 3.89. The minimum atomic E-state index is -0.873. The second-order valence-electron chi connectivity index (χ2n) is 5.29. The second-order valence-corrected chi connectivity index (χ2v) is 6.70. The first kappa shape index (κ1) is 16.1. The fourth-order valence-corrected chi connectivity index (χ4v) is 4.17. The standard InChI is InChI=1S/C15H22N2O3S/c1-3-12-11(8-14(18)19)13(4-2)17(15(20)16-12)9-10-6-5-7-21-10/h10H,3-9H2,1-2H3,(H,18,19). The van der Waals surface area contributed by atoms with Crippen LogP contribution in [0.5, 0.6) is 0 Å². The Morgan fingerprint density at radius 2 is 2.19 bits per heavy atom. The number of aromatic nitrogens is 2. The van der Waals surface area contributed by atoms with Crippen LogP contribution < -0.4 is 5.69 Å². The number of carboxylic acids is 1. The fourth-order valence-electron chi connectivity index (χ4n) is 2.92. The third kappa shape index (κ3) is 3.67. The molecule has 1 aliphatic rings. The van der Waals surface area contributed by atoms with Crippen molar-refractivity contribution in [3.05, 3.63) is 27.4 Å². The molecule has 1 saturated heterocycles. The Bertz CT molecular complexity index is 577. The van der Waals surface area contributed by atoms with Crippen molar-refractivity contribution in [2.75, 3.05) is 5.75 Å². The highest BCUT2D eigenvalue weighted by atomic mass is 32.2. The molecule has 6 heteroatoms. The number of carbonyl (C=O) groups is 1. The van der Waals surface area contributed by atoms with E-state index in [4.69, 9.17) is 5.11 Å². The summed E-state index contributed by atoms with van der Waals surface area (Å²) in [6, 6.07) is 0. The lowest BCUT2D eigenvalue weighted by molar-refractivity contribution is -0.136. The van der Waals surface area contributed by atoms with E-state index in [-0.39, 0.29) is 12.1 Å². The van der Waals surface area contributed by atoms with Gasteiger partial charge in [-0.15, -0.1) is 0 Å². The molecule has 1 aromatic heterocycles. The molecule has 0 radical (unpaired) electrons. The van der Waals surface area contributed by atoms with Gasteiger partial charge in [0.25, 0.3) is 0 Å². The largest absolute Gasteiger partial charge is 0.481 e. The van der Waals surface area contributed by atoms with Gasteiger partial charge in [-0.05, 0) is 31.4 Å². The van der Waals surface area contributed by atoms with Gasteiger partial charge in [-0.2, -0.15) is 16.7 Å². The first-order chi connectivity index (χ1) is 10.1. The summed E-state index contributed by atoms with van der Waals surface area (Å²) in [6.07, 6.45) is 3.49. The number of hydrogen-bond donors (Lipinski definition) is 1. The molecule has 1 fully saturated rings. The van der Waals surface area contributed by atoms with E-state index in [9.17, 15) is 9.59 Å². The van der Waals surface area contributed by atoms with Crippen molar-refractivity contribution in [1.82, 2.24) is 9.55 Å². The summed E-state index contributed by atoms with van der Waals surface area (Å²) >= 11 is 1.89. The van der Waals surface area contributed by atoms with Gasteiger partial charge in [-0.3, -0.25) is 9.36 Å². The molecule has 1 aliphatic heterocycles. The highest BCUT2D eigenvalue weighted by Gasteiger charge is 2.21. The lowest BCUT2D eigenvalue weighted by Crippen LogP contribution is -2.32. The number of nitrogens with zero attached hydrogens (tertiary/aromatic N) is 2. The van der Waals surface area contributed by atoms with Gasteiger partial charge in [-0.1, -0.05) is 13.8 Å².